The van der Waals surface area contributed by atoms with Gasteiger partial charge in [-0.3, -0.25) is 0 Å². The molecule has 0 spiro atoms. The minimum atomic E-state index is -4.59. The van der Waals surface area contributed by atoms with Crippen LogP contribution in [-0.2, 0) is 4.74 Å². The third-order valence-electron chi connectivity index (χ3n) is 2.05. The molecule has 0 saturated heterocycles. The quantitative estimate of drug-likeness (QED) is 0.795. The first-order chi connectivity index (χ1) is 7.38. The molecule has 0 heterocycles. The highest BCUT2D eigenvalue weighted by Gasteiger charge is 2.39. The van der Waals surface area contributed by atoms with E-state index in [1.807, 2.05) is 0 Å². The molecule has 0 aliphatic carbocycles. The summed E-state index contributed by atoms with van der Waals surface area (Å²) in [5.74, 6) is -0.838. The molecule has 0 amide bonds. The molecule has 0 aliphatic rings. The third-order valence-corrected chi connectivity index (χ3v) is 2.05. The van der Waals surface area contributed by atoms with E-state index in [0.29, 0.717) is 0 Å². The largest absolute Gasteiger partial charge is 0.465 e. The summed E-state index contributed by atoms with van der Waals surface area (Å²) in [4.78, 5) is 11.2. The molecule has 88 valence electrons. The summed E-state index contributed by atoms with van der Waals surface area (Å²) in [6.07, 6.45) is -4.59. The molecule has 6 heteroatoms. The van der Waals surface area contributed by atoms with Crippen molar-refractivity contribution < 1.29 is 22.7 Å². The van der Waals surface area contributed by atoms with Gasteiger partial charge in [0.1, 0.15) is 6.04 Å². The minimum Gasteiger partial charge on any atom is -0.465 e. The van der Waals surface area contributed by atoms with Crippen LogP contribution in [0.3, 0.4) is 0 Å². The van der Waals surface area contributed by atoms with Gasteiger partial charge in [-0.25, -0.2) is 4.79 Å². The van der Waals surface area contributed by atoms with E-state index in [4.69, 9.17) is 5.73 Å². The average molecular weight is 233 g/mol. The molecule has 0 fully saturated rings. The van der Waals surface area contributed by atoms with Crippen molar-refractivity contribution in [1.29, 1.82) is 0 Å². The van der Waals surface area contributed by atoms with Crippen LogP contribution in [0.1, 0.15) is 22.0 Å². The third kappa shape index (κ3) is 2.52. The molecule has 0 saturated carbocycles. The van der Waals surface area contributed by atoms with E-state index in [9.17, 15) is 18.0 Å². The number of rotatable bonds is 2. The summed E-state index contributed by atoms with van der Waals surface area (Å²) in [6, 6.07) is 3.03. The van der Waals surface area contributed by atoms with E-state index in [1.54, 1.807) is 0 Å². The molecule has 2 N–H and O–H groups in total. The fourth-order valence-corrected chi connectivity index (χ4v) is 1.24. The number of halogens is 3. The number of alkyl halides is 3. The lowest BCUT2D eigenvalue weighted by Gasteiger charge is -2.18. The molecule has 0 radical (unpaired) electrons. The van der Waals surface area contributed by atoms with Gasteiger partial charge in [-0.05, 0) is 11.6 Å². The van der Waals surface area contributed by atoms with Crippen molar-refractivity contribution in [3.8, 4) is 0 Å². The summed E-state index contributed by atoms with van der Waals surface area (Å²) in [5, 5.41) is 0. The van der Waals surface area contributed by atoms with Crippen molar-refractivity contribution in [1.82, 2.24) is 0 Å². The second-order valence-corrected chi connectivity index (χ2v) is 3.10. The predicted octanol–water partition coefficient (Wildman–Crippen LogP) is 2.04. The number of esters is 1. The zero-order valence-electron chi connectivity index (χ0n) is 8.41. The molecule has 0 bridgehead atoms. The van der Waals surface area contributed by atoms with E-state index in [0.717, 1.165) is 13.2 Å². The summed E-state index contributed by atoms with van der Waals surface area (Å²) in [7, 11) is 1.10. The first-order valence-electron chi connectivity index (χ1n) is 4.37. The number of methoxy groups -OCH3 is 1. The maximum atomic E-state index is 12.4. The Labute approximate surface area is 90.0 Å². The van der Waals surface area contributed by atoms with Gasteiger partial charge in [-0.2, -0.15) is 13.2 Å². The zero-order chi connectivity index (χ0) is 12.3. The van der Waals surface area contributed by atoms with Crippen LogP contribution in [0.5, 0.6) is 0 Å². The number of hydrogen-bond acceptors (Lipinski definition) is 3. The maximum absolute atomic E-state index is 12.4. The number of benzene rings is 1. The standard InChI is InChI=1S/C10H10F3NO2/c1-16-9(15)7-5-3-2-4-6(7)8(14)10(11,12)13/h2-5,8H,14H2,1H3/t8-/m0/s1. The molecule has 0 aromatic heterocycles. The van der Waals surface area contributed by atoms with Crippen molar-refractivity contribution in [2.24, 2.45) is 5.73 Å². The van der Waals surface area contributed by atoms with E-state index in [-0.39, 0.29) is 11.1 Å². The molecule has 1 atom stereocenters. The highest BCUT2D eigenvalue weighted by atomic mass is 19.4. The summed E-state index contributed by atoms with van der Waals surface area (Å²) < 4.78 is 41.6. The Morgan fingerprint density at radius 3 is 2.44 bits per heavy atom. The van der Waals surface area contributed by atoms with Gasteiger partial charge in [0.25, 0.3) is 0 Å². The number of carbonyl (C=O) groups is 1. The molecular weight excluding hydrogens is 223 g/mol. The smallest absolute Gasteiger partial charge is 0.407 e. The van der Waals surface area contributed by atoms with Gasteiger partial charge in [0.05, 0.1) is 12.7 Å². The molecule has 0 aliphatic heterocycles. The zero-order valence-corrected chi connectivity index (χ0v) is 8.41. The van der Waals surface area contributed by atoms with E-state index < -0.39 is 18.2 Å². The molecule has 0 unspecified atom stereocenters. The Kier molecular flexibility index (Phi) is 3.54. The number of ether oxygens (including phenoxy) is 1. The maximum Gasteiger partial charge on any atom is 0.407 e. The Hall–Kier alpha value is -1.56. The van der Waals surface area contributed by atoms with Crippen LogP contribution in [0, 0.1) is 0 Å². The Morgan fingerprint density at radius 2 is 1.94 bits per heavy atom. The topological polar surface area (TPSA) is 52.3 Å². The fraction of sp³-hybridized carbons (Fsp3) is 0.300. The Bertz CT molecular complexity index is 390. The predicted molar refractivity (Wildman–Crippen MR) is 50.8 cm³/mol. The SMILES string of the molecule is COC(=O)c1ccccc1[C@H](N)C(F)(F)F. The van der Waals surface area contributed by atoms with E-state index in [2.05, 4.69) is 4.74 Å². The van der Waals surface area contributed by atoms with Gasteiger partial charge >= 0.3 is 12.1 Å². The molecule has 1 aromatic rings. The minimum absolute atomic E-state index is 0.171. The normalized spacial score (nSPS) is 13.3. The molecule has 16 heavy (non-hydrogen) atoms. The van der Waals surface area contributed by atoms with Crippen molar-refractivity contribution in [3.05, 3.63) is 35.4 Å². The first kappa shape index (κ1) is 12.5. The number of hydrogen-bond donors (Lipinski definition) is 1. The fourth-order valence-electron chi connectivity index (χ4n) is 1.24. The second kappa shape index (κ2) is 4.52. The van der Waals surface area contributed by atoms with Crippen molar-refractivity contribution in [2.75, 3.05) is 7.11 Å². The highest BCUT2D eigenvalue weighted by Crippen LogP contribution is 2.32. The summed E-state index contributed by atoms with van der Waals surface area (Å²) in [5.41, 5.74) is 4.57. The van der Waals surface area contributed by atoms with Crippen molar-refractivity contribution in [2.45, 2.75) is 12.2 Å². The van der Waals surface area contributed by atoms with Crippen molar-refractivity contribution in [3.63, 3.8) is 0 Å². The molecular formula is C10H10F3NO2. The van der Waals surface area contributed by atoms with Gasteiger partial charge < -0.3 is 10.5 Å². The van der Waals surface area contributed by atoms with Gasteiger partial charge in [-0.15, -0.1) is 0 Å². The van der Waals surface area contributed by atoms with E-state index in [1.165, 1.54) is 18.2 Å². The van der Waals surface area contributed by atoms with Crippen LogP contribution < -0.4 is 5.73 Å². The lowest BCUT2D eigenvalue weighted by atomic mass is 10.0. The van der Waals surface area contributed by atoms with Crippen molar-refractivity contribution >= 4 is 5.97 Å². The Balaban J connectivity index is 3.18. The van der Waals surface area contributed by atoms with E-state index >= 15 is 0 Å². The second-order valence-electron chi connectivity index (χ2n) is 3.10. The van der Waals surface area contributed by atoms with Crippen LogP contribution >= 0.6 is 0 Å². The van der Waals surface area contributed by atoms with Gasteiger partial charge in [-0.1, -0.05) is 18.2 Å². The summed E-state index contributed by atoms with van der Waals surface area (Å²) >= 11 is 0. The van der Waals surface area contributed by atoms with Crippen LogP contribution in [0.15, 0.2) is 24.3 Å². The van der Waals surface area contributed by atoms with Crippen LogP contribution in [0.4, 0.5) is 13.2 Å². The lowest BCUT2D eigenvalue weighted by molar-refractivity contribution is -0.149. The molecule has 3 nitrogen and oxygen atoms in total. The van der Waals surface area contributed by atoms with Crippen LogP contribution in [0.25, 0.3) is 0 Å². The highest BCUT2D eigenvalue weighted by molar-refractivity contribution is 5.91. The van der Waals surface area contributed by atoms with Gasteiger partial charge in [0, 0.05) is 0 Å². The Morgan fingerprint density at radius 1 is 1.38 bits per heavy atom. The average Bonchev–Trinajstić information content (AvgIpc) is 2.25. The summed E-state index contributed by atoms with van der Waals surface area (Å²) in [6.45, 7) is 0. The molecule has 1 aromatic carbocycles. The lowest BCUT2D eigenvalue weighted by Crippen LogP contribution is -2.30. The van der Waals surface area contributed by atoms with Gasteiger partial charge in [0.15, 0.2) is 0 Å². The van der Waals surface area contributed by atoms with Crippen LogP contribution in [0.2, 0.25) is 0 Å². The number of nitrogens with two attached hydrogens (primary N) is 1. The van der Waals surface area contributed by atoms with Crippen LogP contribution in [-0.4, -0.2) is 19.3 Å². The number of carbonyl (C=O) groups excluding carboxylic acids is 1. The molecule has 1 rings (SSSR count). The van der Waals surface area contributed by atoms with Gasteiger partial charge in [0.2, 0.25) is 0 Å². The monoisotopic (exact) mass is 233 g/mol. The first-order valence-corrected chi connectivity index (χ1v) is 4.37.